The Labute approximate surface area is 177 Å². The van der Waals surface area contributed by atoms with Gasteiger partial charge in [0, 0.05) is 0 Å². The summed E-state index contributed by atoms with van der Waals surface area (Å²) < 4.78 is 0. The van der Waals surface area contributed by atoms with E-state index in [0.29, 0.717) is 24.7 Å². The molecule has 30 heavy (non-hydrogen) atoms. The minimum atomic E-state index is -1.31. The van der Waals surface area contributed by atoms with Gasteiger partial charge in [-0.3, -0.25) is 19.2 Å². The van der Waals surface area contributed by atoms with Crippen LogP contribution in [-0.2, 0) is 19.2 Å². The third kappa shape index (κ3) is 9.59. The summed E-state index contributed by atoms with van der Waals surface area (Å²) in [5.41, 5.74) is 0. The Balaban J connectivity index is 2.26. The van der Waals surface area contributed by atoms with Crippen molar-refractivity contribution in [3.05, 3.63) is 0 Å². The van der Waals surface area contributed by atoms with E-state index in [-0.39, 0.29) is 12.8 Å². The maximum atomic E-state index is 10.9. The van der Waals surface area contributed by atoms with Gasteiger partial charge in [-0.1, -0.05) is 77.0 Å². The van der Waals surface area contributed by atoms with Crippen LogP contribution in [0.4, 0.5) is 0 Å². The fourth-order valence-electron chi connectivity index (χ4n) is 4.61. The molecule has 1 aliphatic rings. The minimum absolute atomic E-state index is 0.173. The zero-order valence-corrected chi connectivity index (χ0v) is 17.6. The molecule has 0 amide bonds. The van der Waals surface area contributed by atoms with Crippen LogP contribution in [0.2, 0.25) is 0 Å². The highest BCUT2D eigenvalue weighted by atomic mass is 16.4. The standard InChI is InChI=1S/C22H36O8/c23-19(24)17(20(25)26)13-5-1-3-9-15-11-7-8-12-16(15)10-4-2-6-14-18(21(27)28)22(29)30/h15-18H,1-14H2,(H,23,24)(H,25,26)(H,27,28)(H,29,30). The molecule has 0 aromatic carbocycles. The molecule has 1 saturated carbocycles. The predicted molar refractivity (Wildman–Crippen MR) is 109 cm³/mol. The van der Waals surface area contributed by atoms with Crippen molar-refractivity contribution >= 4 is 23.9 Å². The molecule has 172 valence electrons. The SMILES string of the molecule is O=C(O)C(CCCCCC1CCCCC1CCCCCC(C(=O)O)C(=O)O)C(=O)O. The molecule has 1 fully saturated rings. The van der Waals surface area contributed by atoms with Crippen molar-refractivity contribution in [2.45, 2.75) is 89.9 Å². The van der Waals surface area contributed by atoms with E-state index < -0.39 is 35.7 Å². The molecule has 0 heterocycles. The predicted octanol–water partition coefficient (Wildman–Crippen LogP) is 4.26. The zero-order chi connectivity index (χ0) is 22.5. The lowest BCUT2D eigenvalue weighted by molar-refractivity contribution is -0.156. The Morgan fingerprint density at radius 1 is 0.567 bits per heavy atom. The van der Waals surface area contributed by atoms with E-state index in [1.165, 1.54) is 25.7 Å². The van der Waals surface area contributed by atoms with Crippen LogP contribution < -0.4 is 0 Å². The molecule has 0 aliphatic heterocycles. The van der Waals surface area contributed by atoms with Crippen LogP contribution in [0.25, 0.3) is 0 Å². The monoisotopic (exact) mass is 428 g/mol. The van der Waals surface area contributed by atoms with E-state index in [9.17, 15) is 19.2 Å². The van der Waals surface area contributed by atoms with Gasteiger partial charge in [0.2, 0.25) is 0 Å². The van der Waals surface area contributed by atoms with Crippen molar-refractivity contribution in [1.29, 1.82) is 0 Å². The van der Waals surface area contributed by atoms with Gasteiger partial charge >= 0.3 is 23.9 Å². The zero-order valence-electron chi connectivity index (χ0n) is 17.6. The van der Waals surface area contributed by atoms with Gasteiger partial charge in [0.1, 0.15) is 0 Å². The molecule has 0 radical (unpaired) electrons. The van der Waals surface area contributed by atoms with Gasteiger partial charge in [-0.05, 0) is 24.7 Å². The number of carbonyl (C=O) groups is 4. The summed E-state index contributed by atoms with van der Waals surface area (Å²) in [4.78, 5) is 43.6. The van der Waals surface area contributed by atoms with E-state index in [1.807, 2.05) is 0 Å². The minimum Gasteiger partial charge on any atom is -0.481 e. The maximum absolute atomic E-state index is 10.9. The lowest BCUT2D eigenvalue weighted by Gasteiger charge is -2.32. The molecule has 1 aliphatic carbocycles. The van der Waals surface area contributed by atoms with Crippen LogP contribution in [0.5, 0.6) is 0 Å². The molecule has 0 aromatic heterocycles. The van der Waals surface area contributed by atoms with E-state index in [1.54, 1.807) is 0 Å². The summed E-state index contributed by atoms with van der Waals surface area (Å²) in [6, 6.07) is 0. The average molecular weight is 429 g/mol. The summed E-state index contributed by atoms with van der Waals surface area (Å²) in [6.07, 6.45) is 12.2. The fraction of sp³-hybridized carbons (Fsp3) is 0.818. The van der Waals surface area contributed by atoms with Crippen molar-refractivity contribution in [3.8, 4) is 0 Å². The summed E-state index contributed by atoms with van der Waals surface area (Å²) in [6.45, 7) is 0. The van der Waals surface area contributed by atoms with Gasteiger partial charge in [0.05, 0.1) is 0 Å². The van der Waals surface area contributed by atoms with Gasteiger partial charge < -0.3 is 20.4 Å². The Morgan fingerprint density at radius 3 is 1.20 bits per heavy atom. The fourth-order valence-corrected chi connectivity index (χ4v) is 4.61. The van der Waals surface area contributed by atoms with Gasteiger partial charge in [0.15, 0.2) is 11.8 Å². The molecule has 2 unspecified atom stereocenters. The number of aliphatic carboxylic acids is 4. The molecule has 0 aromatic rings. The largest absolute Gasteiger partial charge is 0.481 e. The number of unbranched alkanes of at least 4 members (excludes halogenated alkanes) is 4. The number of carboxylic acid groups (broad SMARTS) is 4. The third-order valence-corrected chi connectivity index (χ3v) is 6.39. The van der Waals surface area contributed by atoms with E-state index in [2.05, 4.69) is 0 Å². The first kappa shape index (κ1) is 25.9. The molecule has 2 atom stereocenters. The van der Waals surface area contributed by atoms with Crippen molar-refractivity contribution in [2.75, 3.05) is 0 Å². The number of rotatable bonds is 16. The Bertz CT molecular complexity index is 495. The number of hydrogen-bond donors (Lipinski definition) is 4. The van der Waals surface area contributed by atoms with E-state index in [4.69, 9.17) is 20.4 Å². The van der Waals surface area contributed by atoms with Crippen LogP contribution >= 0.6 is 0 Å². The summed E-state index contributed by atoms with van der Waals surface area (Å²) in [5.74, 6) is -6.43. The number of carboxylic acids is 4. The normalized spacial score (nSPS) is 19.1. The molecular formula is C22H36O8. The van der Waals surface area contributed by atoms with Crippen LogP contribution in [0.3, 0.4) is 0 Å². The van der Waals surface area contributed by atoms with Crippen LogP contribution in [-0.4, -0.2) is 44.3 Å². The Morgan fingerprint density at radius 2 is 0.900 bits per heavy atom. The van der Waals surface area contributed by atoms with Crippen molar-refractivity contribution in [2.24, 2.45) is 23.7 Å². The molecule has 0 saturated heterocycles. The summed E-state index contributed by atoms with van der Waals surface area (Å²) >= 11 is 0. The van der Waals surface area contributed by atoms with Gasteiger partial charge in [0.25, 0.3) is 0 Å². The quantitative estimate of drug-likeness (QED) is 0.210. The summed E-state index contributed by atoms with van der Waals surface area (Å²) in [5, 5.41) is 35.6. The van der Waals surface area contributed by atoms with Gasteiger partial charge in [-0.25, -0.2) is 0 Å². The topological polar surface area (TPSA) is 149 Å². The highest BCUT2D eigenvalue weighted by Gasteiger charge is 2.27. The first-order chi connectivity index (χ1) is 14.2. The van der Waals surface area contributed by atoms with Gasteiger partial charge in [-0.2, -0.15) is 0 Å². The average Bonchev–Trinajstić information content (AvgIpc) is 2.66. The second-order valence-corrected chi connectivity index (χ2v) is 8.54. The molecular weight excluding hydrogens is 392 g/mol. The highest BCUT2D eigenvalue weighted by Crippen LogP contribution is 2.37. The van der Waals surface area contributed by atoms with Crippen LogP contribution in [0.1, 0.15) is 89.9 Å². The lowest BCUT2D eigenvalue weighted by Crippen LogP contribution is -2.23. The molecule has 1 rings (SSSR count). The first-order valence-electron chi connectivity index (χ1n) is 11.1. The molecule has 8 nitrogen and oxygen atoms in total. The second kappa shape index (κ2) is 14.0. The maximum Gasteiger partial charge on any atom is 0.317 e. The Hall–Kier alpha value is -2.12. The van der Waals surface area contributed by atoms with Crippen molar-refractivity contribution in [3.63, 3.8) is 0 Å². The van der Waals surface area contributed by atoms with E-state index in [0.717, 1.165) is 38.5 Å². The Kier molecular flexibility index (Phi) is 12.1. The van der Waals surface area contributed by atoms with Crippen molar-refractivity contribution in [1.82, 2.24) is 0 Å². The molecule has 4 N–H and O–H groups in total. The van der Waals surface area contributed by atoms with Gasteiger partial charge in [-0.15, -0.1) is 0 Å². The second-order valence-electron chi connectivity index (χ2n) is 8.54. The van der Waals surface area contributed by atoms with Crippen LogP contribution in [0, 0.1) is 23.7 Å². The van der Waals surface area contributed by atoms with Crippen molar-refractivity contribution < 1.29 is 39.6 Å². The molecule has 0 bridgehead atoms. The smallest absolute Gasteiger partial charge is 0.317 e. The molecule has 0 spiro atoms. The highest BCUT2D eigenvalue weighted by molar-refractivity contribution is 5.93. The molecule has 8 heteroatoms. The van der Waals surface area contributed by atoms with E-state index >= 15 is 0 Å². The van der Waals surface area contributed by atoms with Crippen LogP contribution in [0.15, 0.2) is 0 Å². The summed E-state index contributed by atoms with van der Waals surface area (Å²) in [7, 11) is 0. The third-order valence-electron chi connectivity index (χ3n) is 6.39. The number of hydrogen-bond acceptors (Lipinski definition) is 4. The lowest BCUT2D eigenvalue weighted by atomic mass is 9.74. The first-order valence-corrected chi connectivity index (χ1v) is 11.1.